The number of nitrogens with one attached hydrogen (secondary N) is 1. The van der Waals surface area contributed by atoms with Gasteiger partial charge in [0.1, 0.15) is 73.2 Å². The zero-order valence-electron chi connectivity index (χ0n) is 53.0. The molecule has 0 radical (unpaired) electrons. The summed E-state index contributed by atoms with van der Waals surface area (Å²) < 4.78 is 34.2. The number of aliphatic hydroxyl groups is 11. The van der Waals surface area contributed by atoms with Crippen molar-refractivity contribution in [3.8, 4) is 0 Å². The van der Waals surface area contributed by atoms with Crippen molar-refractivity contribution in [2.75, 3.05) is 26.4 Å². The highest BCUT2D eigenvalue weighted by Crippen LogP contribution is 2.33. The Bertz CT molecular complexity index is 1860. The Morgan fingerprint density at radius 1 is 0.425 bits per heavy atom. The van der Waals surface area contributed by atoms with Crippen molar-refractivity contribution >= 4 is 5.91 Å². The van der Waals surface area contributed by atoms with Crippen LogP contribution < -0.4 is 5.32 Å². The second-order valence-electron chi connectivity index (χ2n) is 23.9. The van der Waals surface area contributed by atoms with Crippen LogP contribution in [0.15, 0.2) is 72.9 Å². The maximum absolute atomic E-state index is 13.3. The SMILES string of the molecule is CC/C=C\C/C=C\C/C=C\C/C=C\C/C=C\CCCCCCCCCCCCCCCCCCCCCC(=O)NC(COC1OC(CO)C(OC2OC(CO)C(OC3OC(CO)C(O)C(O)C3O)C(O)C2O)C(O)C1O)C(O)/C=C/CCCCCCC. The van der Waals surface area contributed by atoms with Crippen molar-refractivity contribution in [1.29, 1.82) is 0 Å². The van der Waals surface area contributed by atoms with Gasteiger partial charge in [0.05, 0.1) is 38.6 Å². The van der Waals surface area contributed by atoms with Gasteiger partial charge in [-0.15, -0.1) is 0 Å². The Kier molecular flexibility index (Phi) is 45.0. The third kappa shape index (κ3) is 32.4. The van der Waals surface area contributed by atoms with Gasteiger partial charge in [-0.25, -0.2) is 0 Å². The first-order valence-corrected chi connectivity index (χ1v) is 33.7. The fourth-order valence-electron chi connectivity index (χ4n) is 11.0. The summed E-state index contributed by atoms with van der Waals surface area (Å²) in [5, 5.41) is 120. The highest BCUT2D eigenvalue weighted by molar-refractivity contribution is 5.76. The van der Waals surface area contributed by atoms with Crippen molar-refractivity contribution in [3.05, 3.63) is 72.9 Å². The predicted molar refractivity (Wildman–Crippen MR) is 337 cm³/mol. The monoisotopic (exact) mass is 1240 g/mol. The van der Waals surface area contributed by atoms with Crippen LogP contribution in [0.1, 0.15) is 219 Å². The van der Waals surface area contributed by atoms with E-state index in [1.807, 2.05) is 6.08 Å². The van der Waals surface area contributed by atoms with Gasteiger partial charge in [-0.05, 0) is 64.2 Å². The molecule has 0 saturated carbocycles. The summed E-state index contributed by atoms with van der Waals surface area (Å²) in [6.45, 7) is 1.53. The molecule has 3 aliphatic heterocycles. The van der Waals surface area contributed by atoms with Crippen molar-refractivity contribution in [2.24, 2.45) is 0 Å². The maximum atomic E-state index is 13.3. The van der Waals surface area contributed by atoms with Gasteiger partial charge in [-0.2, -0.15) is 0 Å². The number of hydrogen-bond donors (Lipinski definition) is 12. The van der Waals surface area contributed by atoms with Gasteiger partial charge in [0.15, 0.2) is 18.9 Å². The smallest absolute Gasteiger partial charge is 0.220 e. The van der Waals surface area contributed by atoms with Crippen LogP contribution >= 0.6 is 0 Å². The van der Waals surface area contributed by atoms with E-state index in [9.17, 15) is 61.0 Å². The molecule has 0 aliphatic carbocycles. The number of hydrogen-bond acceptors (Lipinski definition) is 18. The van der Waals surface area contributed by atoms with Crippen LogP contribution in [0.3, 0.4) is 0 Å². The Balaban J connectivity index is 1.29. The first-order chi connectivity index (χ1) is 42.3. The van der Waals surface area contributed by atoms with Crippen LogP contribution in [0.2, 0.25) is 0 Å². The van der Waals surface area contributed by atoms with Gasteiger partial charge in [0, 0.05) is 6.42 Å². The van der Waals surface area contributed by atoms with Gasteiger partial charge in [-0.3, -0.25) is 4.79 Å². The lowest BCUT2D eigenvalue weighted by molar-refractivity contribution is -0.379. The van der Waals surface area contributed by atoms with E-state index in [4.69, 9.17) is 28.4 Å². The van der Waals surface area contributed by atoms with Gasteiger partial charge in [-0.1, -0.05) is 222 Å². The topological polar surface area (TPSA) is 307 Å². The van der Waals surface area contributed by atoms with E-state index in [-0.39, 0.29) is 18.9 Å². The summed E-state index contributed by atoms with van der Waals surface area (Å²) in [5.41, 5.74) is 0. The molecule has 19 heteroatoms. The highest BCUT2D eigenvalue weighted by atomic mass is 16.8. The fourth-order valence-corrected chi connectivity index (χ4v) is 11.0. The molecule has 504 valence electrons. The van der Waals surface area contributed by atoms with Crippen molar-refractivity contribution in [1.82, 2.24) is 5.32 Å². The number of carbonyl (C=O) groups excluding carboxylic acids is 1. The summed E-state index contributed by atoms with van der Waals surface area (Å²) in [4.78, 5) is 13.3. The molecule has 0 aromatic heterocycles. The zero-order chi connectivity index (χ0) is 63.3. The molecule has 0 aromatic rings. The molecule has 17 unspecified atom stereocenters. The number of carbonyl (C=O) groups is 1. The zero-order valence-corrected chi connectivity index (χ0v) is 53.0. The molecule has 0 bridgehead atoms. The third-order valence-corrected chi connectivity index (χ3v) is 16.5. The molecule has 3 fully saturated rings. The molecular weight excluding hydrogens is 1120 g/mol. The second kappa shape index (κ2) is 49.9. The molecule has 0 aromatic carbocycles. The molecule has 12 N–H and O–H groups in total. The standard InChI is InChI=1S/C68H119NO18/c1-3-5-7-9-11-12-13-14-15-16-17-18-19-20-21-22-23-24-25-26-27-28-29-30-31-32-33-34-35-36-37-38-40-42-44-46-56(74)69-51(52(73)45-43-41-39-10-8-6-4-2)50-82-66-62(80)59(77)64(54(48-71)84-66)87-68-63(81)60(78)65(55(49-72)85-68)86-67-61(79)58(76)57(75)53(47-70)83-67/h5,7,11-12,14-15,17-18,20-21,43,45,51-55,57-68,70-73,75-81H,3-4,6,8-10,13,16,19,22-42,44,46-50H2,1-2H3,(H,69,74)/b7-5-,12-11-,15-14-,18-17-,21-20-,45-43+. The number of allylic oxidation sites excluding steroid dienone is 11. The molecule has 3 rings (SSSR count). The molecule has 1 amide bonds. The normalized spacial score (nSPS) is 29.0. The van der Waals surface area contributed by atoms with E-state index in [1.165, 1.54) is 103 Å². The lowest BCUT2D eigenvalue weighted by atomic mass is 9.96. The summed E-state index contributed by atoms with van der Waals surface area (Å²) >= 11 is 0. The van der Waals surface area contributed by atoms with Crippen LogP contribution in [0.25, 0.3) is 0 Å². The third-order valence-electron chi connectivity index (χ3n) is 16.5. The quantitative estimate of drug-likeness (QED) is 0.0202. The lowest BCUT2D eigenvalue weighted by Gasteiger charge is -2.48. The molecule has 0 spiro atoms. The minimum absolute atomic E-state index is 0.242. The minimum atomic E-state index is -1.98. The van der Waals surface area contributed by atoms with Crippen LogP contribution in [-0.4, -0.2) is 193 Å². The number of ether oxygens (including phenoxy) is 6. The largest absolute Gasteiger partial charge is 0.394 e. The van der Waals surface area contributed by atoms with Crippen LogP contribution in [0.4, 0.5) is 0 Å². The van der Waals surface area contributed by atoms with E-state index in [0.29, 0.717) is 6.42 Å². The number of rotatable bonds is 50. The Hall–Kier alpha value is -2.77. The summed E-state index contributed by atoms with van der Waals surface area (Å²) in [7, 11) is 0. The maximum Gasteiger partial charge on any atom is 0.220 e. The van der Waals surface area contributed by atoms with Crippen molar-refractivity contribution < 1.29 is 89.4 Å². The number of unbranched alkanes of at least 4 members (excludes halogenated alkanes) is 24. The van der Waals surface area contributed by atoms with E-state index in [1.54, 1.807) is 6.08 Å². The summed E-state index contributed by atoms with van der Waals surface area (Å²) in [5.74, 6) is -0.280. The first-order valence-electron chi connectivity index (χ1n) is 33.7. The average Bonchev–Trinajstić information content (AvgIpc) is 2.35. The number of amides is 1. The van der Waals surface area contributed by atoms with E-state index in [0.717, 1.165) is 89.9 Å². The average molecular weight is 1240 g/mol. The molecule has 3 saturated heterocycles. The second-order valence-corrected chi connectivity index (χ2v) is 23.9. The van der Waals surface area contributed by atoms with E-state index >= 15 is 0 Å². The minimum Gasteiger partial charge on any atom is -0.394 e. The van der Waals surface area contributed by atoms with Crippen LogP contribution in [0, 0.1) is 0 Å². The summed E-state index contributed by atoms with van der Waals surface area (Å²) in [6, 6.07) is -0.971. The van der Waals surface area contributed by atoms with Crippen molar-refractivity contribution in [3.63, 3.8) is 0 Å². The first kappa shape index (κ1) is 78.5. The Labute approximate surface area is 521 Å². The molecule has 19 nitrogen and oxygen atoms in total. The van der Waals surface area contributed by atoms with Crippen LogP contribution in [0.5, 0.6) is 0 Å². The Morgan fingerprint density at radius 3 is 1.24 bits per heavy atom. The molecule has 3 aliphatic rings. The molecule has 17 atom stereocenters. The van der Waals surface area contributed by atoms with Crippen molar-refractivity contribution in [2.45, 2.75) is 324 Å². The lowest BCUT2D eigenvalue weighted by Crippen LogP contribution is -2.66. The van der Waals surface area contributed by atoms with E-state index < -0.39 is 124 Å². The molecular formula is C68H119NO18. The molecule has 87 heavy (non-hydrogen) atoms. The summed E-state index contributed by atoms with van der Waals surface area (Å²) in [6.07, 6.45) is 35.2. The van der Waals surface area contributed by atoms with Gasteiger partial charge >= 0.3 is 0 Å². The van der Waals surface area contributed by atoms with Gasteiger partial charge in [0.25, 0.3) is 0 Å². The predicted octanol–water partition coefficient (Wildman–Crippen LogP) is 8.16. The van der Waals surface area contributed by atoms with E-state index in [2.05, 4.69) is 79.9 Å². The van der Waals surface area contributed by atoms with Gasteiger partial charge < -0.3 is 89.9 Å². The highest BCUT2D eigenvalue weighted by Gasteiger charge is 2.53. The number of aliphatic hydroxyl groups excluding tert-OH is 11. The van der Waals surface area contributed by atoms with Gasteiger partial charge in [0.2, 0.25) is 5.91 Å². The van der Waals surface area contributed by atoms with Crippen LogP contribution in [-0.2, 0) is 33.2 Å². The molecule has 3 heterocycles. The Morgan fingerprint density at radius 2 is 0.793 bits per heavy atom. The fraction of sp³-hybridized carbons (Fsp3) is 0.809.